The molecule has 4 heteroatoms. The Labute approximate surface area is 105 Å². The fourth-order valence-electron chi connectivity index (χ4n) is 2.30. The van der Waals surface area contributed by atoms with E-state index in [0.717, 1.165) is 25.6 Å². The molecule has 17 heavy (non-hydrogen) atoms. The van der Waals surface area contributed by atoms with E-state index >= 15 is 0 Å². The van der Waals surface area contributed by atoms with Gasteiger partial charge in [0.05, 0.1) is 0 Å². The largest absolute Gasteiger partial charge is 0.356 e. The first-order chi connectivity index (χ1) is 8.26. The van der Waals surface area contributed by atoms with Crippen LogP contribution in [0.25, 0.3) is 0 Å². The van der Waals surface area contributed by atoms with Crippen molar-refractivity contribution in [1.82, 2.24) is 15.5 Å². The highest BCUT2D eigenvalue weighted by Crippen LogP contribution is 2.15. The third-order valence-electron chi connectivity index (χ3n) is 3.49. The topological polar surface area (TPSA) is 44.4 Å². The van der Waals surface area contributed by atoms with Crippen LogP contribution in [0.3, 0.4) is 0 Å². The number of amides is 1. The number of piperidine rings is 1. The van der Waals surface area contributed by atoms with Gasteiger partial charge in [-0.05, 0) is 51.9 Å². The normalized spacial score (nSPS) is 18.2. The molecule has 0 aromatic heterocycles. The van der Waals surface area contributed by atoms with E-state index in [2.05, 4.69) is 22.5 Å². The molecule has 0 unspecified atom stereocenters. The van der Waals surface area contributed by atoms with Crippen molar-refractivity contribution in [3.8, 4) is 0 Å². The fraction of sp³-hybridized carbons (Fsp3) is 0.923. The van der Waals surface area contributed by atoms with E-state index in [-0.39, 0.29) is 5.91 Å². The molecule has 0 bridgehead atoms. The van der Waals surface area contributed by atoms with Gasteiger partial charge in [-0.15, -0.1) is 0 Å². The minimum Gasteiger partial charge on any atom is -0.356 e. The average molecular weight is 241 g/mol. The molecule has 0 atom stereocenters. The SMILES string of the molecule is CCNC(=O)CCNCC1CCN(CC)CC1. The Morgan fingerprint density at radius 2 is 2.00 bits per heavy atom. The number of nitrogens with zero attached hydrogens (tertiary/aromatic N) is 1. The van der Waals surface area contributed by atoms with E-state index in [1.807, 2.05) is 6.92 Å². The Morgan fingerprint density at radius 3 is 2.59 bits per heavy atom. The highest BCUT2D eigenvalue weighted by molar-refractivity contribution is 5.75. The summed E-state index contributed by atoms with van der Waals surface area (Å²) in [5.41, 5.74) is 0. The number of likely N-dealkylation sites (tertiary alicyclic amines) is 1. The van der Waals surface area contributed by atoms with Crippen molar-refractivity contribution in [1.29, 1.82) is 0 Å². The molecule has 2 N–H and O–H groups in total. The van der Waals surface area contributed by atoms with Crippen LogP contribution in [0.2, 0.25) is 0 Å². The van der Waals surface area contributed by atoms with Crippen molar-refractivity contribution < 1.29 is 4.79 Å². The molecule has 1 rings (SSSR count). The Morgan fingerprint density at radius 1 is 1.29 bits per heavy atom. The fourth-order valence-corrected chi connectivity index (χ4v) is 2.30. The maximum Gasteiger partial charge on any atom is 0.221 e. The first-order valence-electron chi connectivity index (χ1n) is 6.96. The molecule has 1 amide bonds. The maximum absolute atomic E-state index is 11.2. The summed E-state index contributed by atoms with van der Waals surface area (Å²) >= 11 is 0. The number of carbonyl (C=O) groups excluding carboxylic acids is 1. The lowest BCUT2D eigenvalue weighted by molar-refractivity contribution is -0.120. The van der Waals surface area contributed by atoms with Gasteiger partial charge in [0.1, 0.15) is 0 Å². The molecule has 1 aliphatic rings. The van der Waals surface area contributed by atoms with Crippen LogP contribution in [0.1, 0.15) is 33.1 Å². The van der Waals surface area contributed by atoms with Gasteiger partial charge in [0, 0.05) is 19.5 Å². The van der Waals surface area contributed by atoms with Crippen molar-refractivity contribution in [3.05, 3.63) is 0 Å². The highest BCUT2D eigenvalue weighted by atomic mass is 16.1. The van der Waals surface area contributed by atoms with Crippen LogP contribution < -0.4 is 10.6 Å². The number of hydrogen-bond acceptors (Lipinski definition) is 3. The zero-order valence-electron chi connectivity index (χ0n) is 11.3. The molecular formula is C13H27N3O. The maximum atomic E-state index is 11.2. The van der Waals surface area contributed by atoms with Gasteiger partial charge in [-0.1, -0.05) is 6.92 Å². The van der Waals surface area contributed by atoms with Gasteiger partial charge in [-0.2, -0.15) is 0 Å². The van der Waals surface area contributed by atoms with E-state index in [0.29, 0.717) is 6.42 Å². The lowest BCUT2D eigenvalue weighted by Crippen LogP contribution is -2.37. The van der Waals surface area contributed by atoms with Crippen molar-refractivity contribution >= 4 is 5.91 Å². The Hall–Kier alpha value is -0.610. The lowest BCUT2D eigenvalue weighted by atomic mass is 9.97. The number of carbonyl (C=O) groups is 1. The zero-order valence-corrected chi connectivity index (χ0v) is 11.3. The Kier molecular flexibility index (Phi) is 7.21. The third kappa shape index (κ3) is 6.03. The lowest BCUT2D eigenvalue weighted by Gasteiger charge is -2.31. The first kappa shape index (κ1) is 14.5. The predicted molar refractivity (Wildman–Crippen MR) is 71.0 cm³/mol. The quantitative estimate of drug-likeness (QED) is 0.649. The number of nitrogens with one attached hydrogen (secondary N) is 2. The molecule has 0 radical (unpaired) electrons. The molecule has 1 heterocycles. The molecule has 1 fully saturated rings. The van der Waals surface area contributed by atoms with Crippen molar-refractivity contribution in [2.75, 3.05) is 39.3 Å². The van der Waals surface area contributed by atoms with Gasteiger partial charge >= 0.3 is 0 Å². The van der Waals surface area contributed by atoms with Gasteiger partial charge in [-0.25, -0.2) is 0 Å². The second-order valence-corrected chi connectivity index (χ2v) is 4.79. The van der Waals surface area contributed by atoms with Crippen LogP contribution in [-0.2, 0) is 4.79 Å². The van der Waals surface area contributed by atoms with E-state index < -0.39 is 0 Å². The standard InChI is InChI=1S/C13H27N3O/c1-3-15-13(17)5-8-14-11-12-6-9-16(4-2)10-7-12/h12,14H,3-11H2,1-2H3,(H,15,17). The molecule has 0 aliphatic carbocycles. The summed E-state index contributed by atoms with van der Waals surface area (Å²) in [6.07, 6.45) is 3.19. The van der Waals surface area contributed by atoms with Crippen LogP contribution in [0.4, 0.5) is 0 Å². The Balaban J connectivity index is 1.98. The van der Waals surface area contributed by atoms with Crippen LogP contribution >= 0.6 is 0 Å². The molecule has 0 spiro atoms. The highest BCUT2D eigenvalue weighted by Gasteiger charge is 2.17. The van der Waals surface area contributed by atoms with Gasteiger partial charge in [-0.3, -0.25) is 4.79 Å². The average Bonchev–Trinajstić information content (AvgIpc) is 2.36. The molecule has 100 valence electrons. The summed E-state index contributed by atoms with van der Waals surface area (Å²) in [5.74, 6) is 0.952. The van der Waals surface area contributed by atoms with Crippen LogP contribution in [0, 0.1) is 5.92 Å². The number of hydrogen-bond donors (Lipinski definition) is 2. The summed E-state index contributed by atoms with van der Waals surface area (Å²) < 4.78 is 0. The van der Waals surface area contributed by atoms with E-state index in [1.54, 1.807) is 0 Å². The summed E-state index contributed by atoms with van der Waals surface area (Å²) in [6.45, 7) is 10.4. The van der Waals surface area contributed by atoms with Gasteiger partial charge in [0.2, 0.25) is 5.91 Å². The third-order valence-corrected chi connectivity index (χ3v) is 3.49. The molecule has 0 saturated carbocycles. The zero-order chi connectivity index (χ0) is 12.5. The summed E-state index contributed by atoms with van der Waals surface area (Å²) in [5, 5.41) is 6.21. The summed E-state index contributed by atoms with van der Waals surface area (Å²) in [7, 11) is 0. The van der Waals surface area contributed by atoms with E-state index in [9.17, 15) is 4.79 Å². The summed E-state index contributed by atoms with van der Waals surface area (Å²) in [4.78, 5) is 13.7. The second-order valence-electron chi connectivity index (χ2n) is 4.79. The van der Waals surface area contributed by atoms with Crippen molar-refractivity contribution in [3.63, 3.8) is 0 Å². The van der Waals surface area contributed by atoms with E-state index in [4.69, 9.17) is 0 Å². The molecular weight excluding hydrogens is 214 g/mol. The Bertz CT molecular complexity index is 213. The molecule has 1 saturated heterocycles. The molecule has 1 aliphatic heterocycles. The smallest absolute Gasteiger partial charge is 0.221 e. The van der Waals surface area contributed by atoms with E-state index in [1.165, 1.54) is 32.5 Å². The second kappa shape index (κ2) is 8.48. The first-order valence-corrected chi connectivity index (χ1v) is 6.96. The monoisotopic (exact) mass is 241 g/mol. The van der Waals surface area contributed by atoms with Crippen molar-refractivity contribution in [2.45, 2.75) is 33.1 Å². The number of rotatable bonds is 7. The van der Waals surface area contributed by atoms with Gasteiger partial charge in [0.15, 0.2) is 0 Å². The van der Waals surface area contributed by atoms with Crippen LogP contribution in [-0.4, -0.2) is 50.1 Å². The predicted octanol–water partition coefficient (Wildman–Crippen LogP) is 0.834. The van der Waals surface area contributed by atoms with Gasteiger partial charge in [0.25, 0.3) is 0 Å². The van der Waals surface area contributed by atoms with Crippen LogP contribution in [0.5, 0.6) is 0 Å². The van der Waals surface area contributed by atoms with Crippen molar-refractivity contribution in [2.24, 2.45) is 5.92 Å². The molecule has 4 nitrogen and oxygen atoms in total. The summed E-state index contributed by atoms with van der Waals surface area (Å²) in [6, 6.07) is 0. The minimum absolute atomic E-state index is 0.154. The minimum atomic E-state index is 0.154. The van der Waals surface area contributed by atoms with Gasteiger partial charge < -0.3 is 15.5 Å². The molecule has 0 aromatic rings. The molecule has 0 aromatic carbocycles. The van der Waals surface area contributed by atoms with Crippen LogP contribution in [0.15, 0.2) is 0 Å².